The summed E-state index contributed by atoms with van der Waals surface area (Å²) in [4.78, 5) is 2.30. The fourth-order valence-electron chi connectivity index (χ4n) is 2.42. The molecule has 3 nitrogen and oxygen atoms in total. The number of hydrogen-bond donors (Lipinski definition) is 2. The van der Waals surface area contributed by atoms with E-state index in [1.807, 2.05) is 13.0 Å². The predicted molar refractivity (Wildman–Crippen MR) is 64.9 cm³/mol. The Morgan fingerprint density at radius 1 is 1.44 bits per heavy atom. The van der Waals surface area contributed by atoms with Crippen LogP contribution < -0.4 is 4.90 Å². The number of rotatable bonds is 3. The SMILES string of the molecule is Cc1c(O)cccc1N1CCC(CCO)C1. The lowest BCUT2D eigenvalue weighted by Gasteiger charge is -2.21. The van der Waals surface area contributed by atoms with Crippen LogP contribution in [0.4, 0.5) is 5.69 Å². The van der Waals surface area contributed by atoms with Gasteiger partial charge in [0.2, 0.25) is 0 Å². The molecule has 1 fully saturated rings. The third-order valence-corrected chi connectivity index (χ3v) is 3.44. The maximum absolute atomic E-state index is 9.66. The molecule has 88 valence electrons. The van der Waals surface area contributed by atoms with Gasteiger partial charge in [0.05, 0.1) is 0 Å². The molecule has 1 aliphatic rings. The maximum Gasteiger partial charge on any atom is 0.120 e. The first kappa shape index (κ1) is 11.3. The van der Waals surface area contributed by atoms with Crippen LogP contribution in [0.25, 0.3) is 0 Å². The monoisotopic (exact) mass is 221 g/mol. The van der Waals surface area contributed by atoms with Crippen LogP contribution in [-0.4, -0.2) is 29.9 Å². The van der Waals surface area contributed by atoms with Crippen molar-refractivity contribution in [1.82, 2.24) is 0 Å². The second-order valence-corrected chi connectivity index (χ2v) is 4.53. The molecule has 1 aromatic carbocycles. The summed E-state index contributed by atoms with van der Waals surface area (Å²) in [5, 5.41) is 18.6. The van der Waals surface area contributed by atoms with Crippen LogP contribution in [0.15, 0.2) is 18.2 Å². The number of aliphatic hydroxyl groups is 1. The van der Waals surface area contributed by atoms with Crippen molar-refractivity contribution in [2.24, 2.45) is 5.92 Å². The van der Waals surface area contributed by atoms with Crippen LogP contribution in [0.5, 0.6) is 5.75 Å². The smallest absolute Gasteiger partial charge is 0.120 e. The summed E-state index contributed by atoms with van der Waals surface area (Å²) in [5.41, 5.74) is 2.08. The Bertz CT molecular complexity index is 365. The third-order valence-electron chi connectivity index (χ3n) is 3.44. The van der Waals surface area contributed by atoms with E-state index < -0.39 is 0 Å². The number of aromatic hydroxyl groups is 1. The summed E-state index contributed by atoms with van der Waals surface area (Å²) >= 11 is 0. The van der Waals surface area contributed by atoms with Gasteiger partial charge >= 0.3 is 0 Å². The van der Waals surface area contributed by atoms with E-state index in [0.29, 0.717) is 11.7 Å². The standard InChI is InChI=1S/C13H19NO2/c1-10-12(3-2-4-13(10)16)14-7-5-11(9-14)6-8-15/h2-4,11,15-16H,5-9H2,1H3. The Labute approximate surface area is 96.3 Å². The Hall–Kier alpha value is -1.22. The molecule has 0 aromatic heterocycles. The quantitative estimate of drug-likeness (QED) is 0.819. The minimum absolute atomic E-state index is 0.275. The van der Waals surface area contributed by atoms with Gasteiger partial charge in [-0.25, -0.2) is 0 Å². The summed E-state index contributed by atoms with van der Waals surface area (Å²) < 4.78 is 0. The summed E-state index contributed by atoms with van der Waals surface area (Å²) in [6, 6.07) is 5.66. The highest BCUT2D eigenvalue weighted by Crippen LogP contribution is 2.31. The zero-order chi connectivity index (χ0) is 11.5. The largest absolute Gasteiger partial charge is 0.508 e. The molecule has 1 unspecified atom stereocenters. The molecule has 16 heavy (non-hydrogen) atoms. The fourth-order valence-corrected chi connectivity index (χ4v) is 2.42. The zero-order valence-corrected chi connectivity index (χ0v) is 9.69. The Morgan fingerprint density at radius 3 is 3.00 bits per heavy atom. The van der Waals surface area contributed by atoms with Gasteiger partial charge < -0.3 is 15.1 Å². The average molecular weight is 221 g/mol. The number of nitrogens with zero attached hydrogens (tertiary/aromatic N) is 1. The van der Waals surface area contributed by atoms with E-state index in [1.165, 1.54) is 0 Å². The molecule has 0 amide bonds. The molecule has 0 radical (unpaired) electrons. The van der Waals surface area contributed by atoms with Crippen LogP contribution in [0.1, 0.15) is 18.4 Å². The Morgan fingerprint density at radius 2 is 2.25 bits per heavy atom. The highest BCUT2D eigenvalue weighted by Gasteiger charge is 2.23. The van der Waals surface area contributed by atoms with Gasteiger partial charge in [0.1, 0.15) is 5.75 Å². The topological polar surface area (TPSA) is 43.7 Å². The zero-order valence-electron chi connectivity index (χ0n) is 9.69. The van der Waals surface area contributed by atoms with E-state index >= 15 is 0 Å². The molecular formula is C13H19NO2. The number of aliphatic hydroxyl groups excluding tert-OH is 1. The van der Waals surface area contributed by atoms with Gasteiger partial charge in [0.15, 0.2) is 0 Å². The van der Waals surface area contributed by atoms with Crippen molar-refractivity contribution in [3.8, 4) is 5.75 Å². The van der Waals surface area contributed by atoms with Crippen LogP contribution in [0.2, 0.25) is 0 Å². The number of benzene rings is 1. The molecule has 1 heterocycles. The summed E-state index contributed by atoms with van der Waals surface area (Å²) in [5.74, 6) is 0.954. The van der Waals surface area contributed by atoms with Crippen molar-refractivity contribution in [2.75, 3.05) is 24.6 Å². The molecule has 1 atom stereocenters. The van der Waals surface area contributed by atoms with Crippen molar-refractivity contribution in [2.45, 2.75) is 19.8 Å². The van der Waals surface area contributed by atoms with E-state index in [9.17, 15) is 5.11 Å². The first-order valence-electron chi connectivity index (χ1n) is 5.86. The molecule has 0 saturated carbocycles. The van der Waals surface area contributed by atoms with Gasteiger partial charge in [-0.3, -0.25) is 0 Å². The highest BCUT2D eigenvalue weighted by atomic mass is 16.3. The molecule has 2 rings (SSSR count). The van der Waals surface area contributed by atoms with Gasteiger partial charge in [-0.15, -0.1) is 0 Å². The van der Waals surface area contributed by atoms with Gasteiger partial charge in [0, 0.05) is 30.9 Å². The van der Waals surface area contributed by atoms with Crippen molar-refractivity contribution in [1.29, 1.82) is 0 Å². The van der Waals surface area contributed by atoms with Crippen LogP contribution in [0.3, 0.4) is 0 Å². The summed E-state index contributed by atoms with van der Waals surface area (Å²) in [7, 11) is 0. The number of anilines is 1. The number of phenolic OH excluding ortho intramolecular Hbond substituents is 1. The van der Waals surface area contributed by atoms with Crippen molar-refractivity contribution in [3.05, 3.63) is 23.8 Å². The Balaban J connectivity index is 2.11. The lowest BCUT2D eigenvalue weighted by molar-refractivity contribution is 0.263. The number of phenols is 1. The van der Waals surface area contributed by atoms with Gasteiger partial charge in [-0.2, -0.15) is 0 Å². The van der Waals surface area contributed by atoms with Gasteiger partial charge in [-0.1, -0.05) is 6.07 Å². The third kappa shape index (κ3) is 2.14. The minimum atomic E-state index is 0.275. The molecule has 0 aliphatic carbocycles. The van der Waals surface area contributed by atoms with Crippen LogP contribution in [0, 0.1) is 12.8 Å². The second-order valence-electron chi connectivity index (χ2n) is 4.53. The van der Waals surface area contributed by atoms with E-state index in [2.05, 4.69) is 11.0 Å². The fraction of sp³-hybridized carbons (Fsp3) is 0.538. The van der Waals surface area contributed by atoms with E-state index in [1.54, 1.807) is 6.07 Å². The van der Waals surface area contributed by atoms with Crippen LogP contribution >= 0.6 is 0 Å². The Kier molecular flexibility index (Phi) is 3.34. The van der Waals surface area contributed by atoms with E-state index in [0.717, 1.165) is 37.2 Å². The molecule has 3 heteroatoms. The van der Waals surface area contributed by atoms with Crippen LogP contribution in [-0.2, 0) is 0 Å². The lowest BCUT2D eigenvalue weighted by atomic mass is 10.1. The van der Waals surface area contributed by atoms with E-state index in [-0.39, 0.29) is 6.61 Å². The molecule has 0 bridgehead atoms. The average Bonchev–Trinajstić information content (AvgIpc) is 2.71. The van der Waals surface area contributed by atoms with Gasteiger partial charge in [0.25, 0.3) is 0 Å². The van der Waals surface area contributed by atoms with Crippen molar-refractivity contribution < 1.29 is 10.2 Å². The van der Waals surface area contributed by atoms with Gasteiger partial charge in [-0.05, 0) is 37.8 Å². The summed E-state index contributed by atoms with van der Waals surface area (Å²) in [6.45, 7) is 4.24. The first-order chi connectivity index (χ1) is 7.72. The minimum Gasteiger partial charge on any atom is -0.508 e. The molecule has 0 spiro atoms. The molecule has 1 aliphatic heterocycles. The second kappa shape index (κ2) is 4.74. The highest BCUT2D eigenvalue weighted by molar-refractivity contribution is 5.58. The van der Waals surface area contributed by atoms with E-state index in [4.69, 9.17) is 5.11 Å². The number of hydrogen-bond acceptors (Lipinski definition) is 3. The lowest BCUT2D eigenvalue weighted by Crippen LogP contribution is -2.20. The molecule has 2 N–H and O–H groups in total. The molecule has 1 aromatic rings. The predicted octanol–water partition coefficient (Wildman–Crippen LogP) is 1.91. The maximum atomic E-state index is 9.66. The summed E-state index contributed by atoms with van der Waals surface area (Å²) in [6.07, 6.45) is 2.02. The molecule has 1 saturated heterocycles. The first-order valence-corrected chi connectivity index (χ1v) is 5.86. The van der Waals surface area contributed by atoms with Crippen molar-refractivity contribution in [3.63, 3.8) is 0 Å². The normalized spacial score (nSPS) is 20.4. The van der Waals surface area contributed by atoms with Crippen molar-refractivity contribution >= 4 is 5.69 Å². The molecular weight excluding hydrogens is 202 g/mol.